The number of hydrogen-bond donors (Lipinski definition) is 4. The first kappa shape index (κ1) is 23.4. The van der Waals surface area contributed by atoms with E-state index in [0.29, 0.717) is 0 Å². The first-order chi connectivity index (χ1) is 14.8. The zero-order chi connectivity index (χ0) is 22.6. The van der Waals surface area contributed by atoms with Crippen molar-refractivity contribution in [3.63, 3.8) is 0 Å². The molecule has 164 valence electrons. The summed E-state index contributed by atoms with van der Waals surface area (Å²) in [4.78, 5) is 47.1. The van der Waals surface area contributed by atoms with Crippen LogP contribution in [0.15, 0.2) is 60.7 Å². The molecule has 0 saturated heterocycles. The molecule has 0 saturated carbocycles. The van der Waals surface area contributed by atoms with E-state index in [2.05, 4.69) is 10.6 Å². The molecule has 0 aliphatic heterocycles. The summed E-state index contributed by atoms with van der Waals surface area (Å²) < 4.78 is 5.15. The van der Waals surface area contributed by atoms with Gasteiger partial charge < -0.3 is 25.6 Å². The maximum absolute atomic E-state index is 12.7. The predicted molar refractivity (Wildman–Crippen MR) is 110 cm³/mol. The third-order valence-corrected chi connectivity index (χ3v) is 4.37. The van der Waals surface area contributed by atoms with Crippen molar-refractivity contribution in [1.29, 1.82) is 0 Å². The maximum atomic E-state index is 12.7. The van der Waals surface area contributed by atoms with Crippen molar-refractivity contribution in [2.24, 2.45) is 0 Å². The number of carbonyl (C=O) groups excluding carboxylic acids is 2. The maximum Gasteiger partial charge on any atom is 0.408 e. The fraction of sp³-hybridized carbons (Fsp3) is 0.273. The van der Waals surface area contributed by atoms with E-state index < -0.39 is 42.4 Å². The van der Waals surface area contributed by atoms with Crippen LogP contribution in [-0.4, -0.2) is 46.2 Å². The summed E-state index contributed by atoms with van der Waals surface area (Å²) in [5.41, 5.74) is 1.50. The van der Waals surface area contributed by atoms with Crippen LogP contribution >= 0.6 is 0 Å². The van der Waals surface area contributed by atoms with Gasteiger partial charge in [0.05, 0.1) is 0 Å². The summed E-state index contributed by atoms with van der Waals surface area (Å²) in [6.07, 6.45) is -1.45. The standard InChI is InChI=1S/C22H24N2O7/c25-19(26)12-11-17(21(28)29)23-20(27)18(13-15-7-3-1-4-8-15)24-22(30)31-14-16-9-5-2-6-10-16/h1-10,17-18H,11-14H2,(H,23,27)(H,24,30)(H,25,26)(H,28,29)/t17-,18+/m1/s1. The molecule has 0 radical (unpaired) electrons. The van der Waals surface area contributed by atoms with Gasteiger partial charge in [-0.3, -0.25) is 9.59 Å². The van der Waals surface area contributed by atoms with Gasteiger partial charge in [0.15, 0.2) is 0 Å². The van der Waals surface area contributed by atoms with Crippen LogP contribution in [0.3, 0.4) is 0 Å². The molecule has 2 rings (SSSR count). The molecule has 2 aromatic rings. The van der Waals surface area contributed by atoms with Crippen molar-refractivity contribution >= 4 is 23.9 Å². The molecule has 0 unspecified atom stereocenters. The van der Waals surface area contributed by atoms with Crippen LogP contribution in [-0.2, 0) is 32.1 Å². The van der Waals surface area contributed by atoms with Crippen molar-refractivity contribution in [2.45, 2.75) is 38.0 Å². The topological polar surface area (TPSA) is 142 Å². The second-order valence-corrected chi connectivity index (χ2v) is 6.78. The molecule has 0 aliphatic carbocycles. The highest BCUT2D eigenvalue weighted by Crippen LogP contribution is 2.07. The highest BCUT2D eigenvalue weighted by atomic mass is 16.5. The number of aliphatic carboxylic acids is 2. The number of ether oxygens (including phenoxy) is 1. The Morgan fingerprint density at radius 2 is 1.39 bits per heavy atom. The Bertz CT molecular complexity index is 887. The van der Waals surface area contributed by atoms with E-state index in [0.717, 1.165) is 11.1 Å². The van der Waals surface area contributed by atoms with Gasteiger partial charge in [0.1, 0.15) is 18.7 Å². The minimum Gasteiger partial charge on any atom is -0.481 e. The average molecular weight is 428 g/mol. The van der Waals surface area contributed by atoms with Crippen molar-refractivity contribution < 1.29 is 34.1 Å². The lowest BCUT2D eigenvalue weighted by Crippen LogP contribution is -2.52. The SMILES string of the molecule is O=C(O)CC[C@@H](NC(=O)[C@H](Cc1ccccc1)NC(=O)OCc1ccccc1)C(=O)O. The van der Waals surface area contributed by atoms with Crippen molar-refractivity contribution in [3.8, 4) is 0 Å². The van der Waals surface area contributed by atoms with Crippen LogP contribution in [0.1, 0.15) is 24.0 Å². The molecule has 0 fully saturated rings. The van der Waals surface area contributed by atoms with Gasteiger partial charge >= 0.3 is 18.0 Å². The zero-order valence-corrected chi connectivity index (χ0v) is 16.7. The molecule has 9 nitrogen and oxygen atoms in total. The first-order valence-electron chi connectivity index (χ1n) is 9.61. The monoisotopic (exact) mass is 428 g/mol. The Kier molecular flexibility index (Phi) is 9.03. The Labute approximate surface area is 179 Å². The molecule has 31 heavy (non-hydrogen) atoms. The first-order valence-corrected chi connectivity index (χ1v) is 9.61. The molecule has 0 heterocycles. The summed E-state index contributed by atoms with van der Waals surface area (Å²) >= 11 is 0. The van der Waals surface area contributed by atoms with Crippen LogP contribution in [0.5, 0.6) is 0 Å². The van der Waals surface area contributed by atoms with E-state index in [1.165, 1.54) is 0 Å². The highest BCUT2D eigenvalue weighted by molar-refractivity contribution is 5.89. The van der Waals surface area contributed by atoms with E-state index in [9.17, 15) is 24.3 Å². The van der Waals surface area contributed by atoms with Crippen molar-refractivity contribution in [1.82, 2.24) is 10.6 Å². The molecule has 2 aromatic carbocycles. The molecular formula is C22H24N2O7. The number of rotatable bonds is 11. The molecule has 0 bridgehead atoms. The number of amides is 2. The number of nitrogens with one attached hydrogen (secondary N) is 2. The normalized spacial score (nSPS) is 12.3. The van der Waals surface area contributed by atoms with Crippen LogP contribution in [0.2, 0.25) is 0 Å². The van der Waals surface area contributed by atoms with Crippen LogP contribution in [0, 0.1) is 0 Å². The van der Waals surface area contributed by atoms with E-state index >= 15 is 0 Å². The van der Waals surface area contributed by atoms with E-state index in [1.807, 2.05) is 6.07 Å². The predicted octanol–water partition coefficient (Wildman–Crippen LogP) is 1.96. The number of hydrogen-bond acceptors (Lipinski definition) is 5. The molecule has 9 heteroatoms. The molecule has 0 aromatic heterocycles. The molecule has 2 atom stereocenters. The second kappa shape index (κ2) is 12.0. The smallest absolute Gasteiger partial charge is 0.408 e. The Balaban J connectivity index is 2.05. The summed E-state index contributed by atoms with van der Waals surface area (Å²) in [5.74, 6) is -3.29. The molecule has 2 amide bonds. The van der Waals surface area contributed by atoms with Gasteiger partial charge in [-0.05, 0) is 17.5 Å². The van der Waals surface area contributed by atoms with E-state index in [-0.39, 0.29) is 19.4 Å². The van der Waals surface area contributed by atoms with Gasteiger partial charge in [-0.2, -0.15) is 0 Å². The third kappa shape index (κ3) is 8.57. The fourth-order valence-corrected chi connectivity index (χ4v) is 2.76. The van der Waals surface area contributed by atoms with Crippen LogP contribution < -0.4 is 10.6 Å². The van der Waals surface area contributed by atoms with Crippen molar-refractivity contribution in [2.75, 3.05) is 0 Å². The summed E-state index contributed by atoms with van der Waals surface area (Å²) in [7, 11) is 0. The number of carboxylic acids is 2. The Hall–Kier alpha value is -3.88. The molecule has 4 N–H and O–H groups in total. The number of alkyl carbamates (subject to hydrolysis) is 1. The highest BCUT2D eigenvalue weighted by Gasteiger charge is 2.27. The number of benzene rings is 2. The van der Waals surface area contributed by atoms with Gasteiger partial charge in [-0.1, -0.05) is 60.7 Å². The van der Waals surface area contributed by atoms with Crippen LogP contribution in [0.4, 0.5) is 4.79 Å². The summed E-state index contributed by atoms with van der Waals surface area (Å²) in [6, 6.07) is 15.3. The minimum atomic E-state index is -1.40. The minimum absolute atomic E-state index is 0.00269. The summed E-state index contributed by atoms with van der Waals surface area (Å²) in [5, 5.41) is 22.8. The molecule has 0 aliphatic rings. The molecular weight excluding hydrogens is 404 g/mol. The van der Waals surface area contributed by atoms with Gasteiger partial charge in [0, 0.05) is 12.8 Å². The van der Waals surface area contributed by atoms with Gasteiger partial charge in [-0.15, -0.1) is 0 Å². The lowest BCUT2D eigenvalue weighted by molar-refractivity contribution is -0.143. The van der Waals surface area contributed by atoms with Gasteiger partial charge in [-0.25, -0.2) is 9.59 Å². The lowest BCUT2D eigenvalue weighted by atomic mass is 10.0. The third-order valence-electron chi connectivity index (χ3n) is 4.37. The van der Waals surface area contributed by atoms with E-state index in [1.54, 1.807) is 54.6 Å². The van der Waals surface area contributed by atoms with Gasteiger partial charge in [0.2, 0.25) is 5.91 Å². The van der Waals surface area contributed by atoms with Gasteiger partial charge in [0.25, 0.3) is 0 Å². The second-order valence-electron chi connectivity index (χ2n) is 6.78. The van der Waals surface area contributed by atoms with Crippen LogP contribution in [0.25, 0.3) is 0 Å². The molecule has 0 spiro atoms. The summed E-state index contributed by atoms with van der Waals surface area (Å²) in [6.45, 7) is 0.00269. The Morgan fingerprint density at radius 3 is 1.94 bits per heavy atom. The lowest BCUT2D eigenvalue weighted by Gasteiger charge is -2.21. The fourth-order valence-electron chi connectivity index (χ4n) is 2.76. The number of carbonyl (C=O) groups is 4. The largest absolute Gasteiger partial charge is 0.481 e. The average Bonchev–Trinajstić information content (AvgIpc) is 2.75. The zero-order valence-electron chi connectivity index (χ0n) is 16.7. The quantitative estimate of drug-likeness (QED) is 0.428. The van der Waals surface area contributed by atoms with E-state index in [4.69, 9.17) is 9.84 Å². The number of carboxylic acid groups (broad SMARTS) is 2. The Morgan fingerprint density at radius 1 is 0.806 bits per heavy atom. The van der Waals surface area contributed by atoms with Crippen molar-refractivity contribution in [3.05, 3.63) is 71.8 Å².